The summed E-state index contributed by atoms with van der Waals surface area (Å²) in [6.45, 7) is 0.699. The summed E-state index contributed by atoms with van der Waals surface area (Å²) in [7, 11) is -0.363. The van der Waals surface area contributed by atoms with E-state index >= 15 is 0 Å². The van der Waals surface area contributed by atoms with Gasteiger partial charge in [0.1, 0.15) is 0 Å². The molecule has 0 saturated carbocycles. The SMILES string of the molecule is O=S1OCCP1. The predicted octanol–water partition coefficient (Wildman–Crippen LogP) is 0.274. The fraction of sp³-hybridized carbons (Fsp3) is 1.00. The van der Waals surface area contributed by atoms with Crippen LogP contribution >= 0.6 is 7.78 Å². The lowest BCUT2D eigenvalue weighted by atomic mass is 10.9. The summed E-state index contributed by atoms with van der Waals surface area (Å²) in [4.78, 5) is 0. The van der Waals surface area contributed by atoms with E-state index in [0.717, 1.165) is 6.16 Å². The lowest BCUT2D eigenvalue weighted by Crippen LogP contribution is -1.80. The van der Waals surface area contributed by atoms with Gasteiger partial charge >= 0.3 is 0 Å². The van der Waals surface area contributed by atoms with Gasteiger partial charge in [0.15, 0.2) is 10.7 Å². The highest BCUT2D eigenvalue weighted by Gasteiger charge is 2.06. The average Bonchev–Trinajstić information content (AvgIpc) is 1.86. The van der Waals surface area contributed by atoms with Crippen molar-refractivity contribution in [1.29, 1.82) is 0 Å². The molecular formula is C2H5O2PS. The third-order valence-electron chi connectivity index (χ3n) is 0.512. The number of rotatable bonds is 0. The van der Waals surface area contributed by atoms with Gasteiger partial charge in [0.2, 0.25) is 0 Å². The summed E-state index contributed by atoms with van der Waals surface area (Å²) in [5, 5.41) is 0. The van der Waals surface area contributed by atoms with E-state index in [1.807, 2.05) is 0 Å². The van der Waals surface area contributed by atoms with Crippen LogP contribution in [-0.4, -0.2) is 17.0 Å². The molecule has 1 rings (SSSR count). The molecular weight excluding hydrogens is 119 g/mol. The Morgan fingerprint density at radius 2 is 2.67 bits per heavy atom. The molecule has 4 heteroatoms. The first-order chi connectivity index (χ1) is 2.89. The molecule has 0 amide bonds. The zero-order valence-electron chi connectivity index (χ0n) is 3.14. The van der Waals surface area contributed by atoms with Gasteiger partial charge in [-0.15, -0.1) is 0 Å². The van der Waals surface area contributed by atoms with Gasteiger partial charge in [-0.1, -0.05) is 0 Å². The molecule has 0 aromatic heterocycles. The Balaban J connectivity index is 2.37. The van der Waals surface area contributed by atoms with Gasteiger partial charge < -0.3 is 0 Å². The van der Waals surface area contributed by atoms with E-state index < -0.39 is 10.7 Å². The molecule has 0 bridgehead atoms. The van der Waals surface area contributed by atoms with E-state index in [4.69, 9.17) is 0 Å². The lowest BCUT2D eigenvalue weighted by Gasteiger charge is -1.77. The highest BCUT2D eigenvalue weighted by atomic mass is 32.7. The molecule has 0 radical (unpaired) electrons. The lowest BCUT2D eigenvalue weighted by molar-refractivity contribution is 0.393. The molecule has 2 atom stereocenters. The fourth-order valence-corrected chi connectivity index (χ4v) is 2.35. The molecule has 2 unspecified atom stereocenters. The summed E-state index contributed by atoms with van der Waals surface area (Å²) < 4.78 is 14.8. The first-order valence-electron chi connectivity index (χ1n) is 1.68. The van der Waals surface area contributed by atoms with Crippen LogP contribution in [0.1, 0.15) is 0 Å². The number of hydrogen-bond donors (Lipinski definition) is 0. The van der Waals surface area contributed by atoms with Crippen molar-refractivity contribution < 1.29 is 8.39 Å². The van der Waals surface area contributed by atoms with Crippen LogP contribution in [0.5, 0.6) is 0 Å². The standard InChI is InChI=1S/C2H5O2PS/c3-6-4-1-2-5-6/h5H,1-2H2. The van der Waals surface area contributed by atoms with Gasteiger partial charge in [-0.2, -0.15) is 0 Å². The smallest absolute Gasteiger partial charge is 0.173 e. The molecule has 36 valence electrons. The zero-order valence-corrected chi connectivity index (χ0v) is 4.96. The van der Waals surface area contributed by atoms with E-state index in [0.29, 0.717) is 14.4 Å². The Kier molecular flexibility index (Phi) is 1.57. The summed E-state index contributed by atoms with van der Waals surface area (Å²) in [6, 6.07) is 0. The second-order valence-electron chi connectivity index (χ2n) is 0.951. The van der Waals surface area contributed by atoms with Gasteiger partial charge in [0, 0.05) is 13.9 Å². The minimum absolute atomic E-state index is 0.532. The summed E-state index contributed by atoms with van der Waals surface area (Å²) in [6.07, 6.45) is 0.993. The Morgan fingerprint density at radius 3 is 2.83 bits per heavy atom. The van der Waals surface area contributed by atoms with Crippen LogP contribution in [0.25, 0.3) is 0 Å². The van der Waals surface area contributed by atoms with Crippen molar-refractivity contribution in [2.45, 2.75) is 0 Å². The topological polar surface area (TPSA) is 26.3 Å². The fourth-order valence-electron chi connectivity index (χ4n) is 0.284. The quantitative estimate of drug-likeness (QED) is 0.433. The van der Waals surface area contributed by atoms with Crippen LogP contribution in [0.3, 0.4) is 0 Å². The van der Waals surface area contributed by atoms with E-state index in [-0.39, 0.29) is 0 Å². The molecule has 1 saturated heterocycles. The van der Waals surface area contributed by atoms with Crippen molar-refractivity contribution in [3.05, 3.63) is 0 Å². The molecule has 0 spiro atoms. The maximum absolute atomic E-state index is 10.1. The maximum Gasteiger partial charge on any atom is 0.173 e. The summed E-state index contributed by atoms with van der Waals surface area (Å²) in [5.74, 6) is 0. The van der Waals surface area contributed by atoms with Gasteiger partial charge in [0.05, 0.1) is 6.61 Å². The van der Waals surface area contributed by atoms with E-state index in [2.05, 4.69) is 4.18 Å². The van der Waals surface area contributed by atoms with Crippen LogP contribution in [0.2, 0.25) is 0 Å². The first-order valence-corrected chi connectivity index (χ1v) is 4.69. The molecule has 1 aliphatic heterocycles. The average molecular weight is 124 g/mol. The van der Waals surface area contributed by atoms with Crippen LogP contribution < -0.4 is 0 Å². The maximum atomic E-state index is 10.1. The molecule has 0 aromatic carbocycles. The Morgan fingerprint density at radius 1 is 1.83 bits per heavy atom. The van der Waals surface area contributed by atoms with Gasteiger partial charge in [-0.05, 0) is 0 Å². The zero-order chi connectivity index (χ0) is 4.41. The molecule has 6 heavy (non-hydrogen) atoms. The van der Waals surface area contributed by atoms with Crippen molar-refractivity contribution in [3.63, 3.8) is 0 Å². The Labute approximate surface area is 40.5 Å². The molecule has 1 aliphatic rings. The minimum Gasteiger partial charge on any atom is -0.287 e. The molecule has 2 nitrogen and oxygen atoms in total. The second kappa shape index (κ2) is 2.01. The third-order valence-corrected chi connectivity index (χ3v) is 3.21. The van der Waals surface area contributed by atoms with Crippen LogP contribution in [0.15, 0.2) is 0 Å². The van der Waals surface area contributed by atoms with E-state index in [1.54, 1.807) is 0 Å². The summed E-state index contributed by atoms with van der Waals surface area (Å²) >= 11 is 0. The van der Waals surface area contributed by atoms with Gasteiger partial charge in [-0.25, -0.2) is 4.21 Å². The second-order valence-corrected chi connectivity index (χ2v) is 4.31. The van der Waals surface area contributed by atoms with Crippen LogP contribution in [0, 0.1) is 0 Å². The molecule has 0 N–H and O–H groups in total. The van der Waals surface area contributed by atoms with Crippen molar-refractivity contribution in [2.24, 2.45) is 0 Å². The van der Waals surface area contributed by atoms with Crippen molar-refractivity contribution in [2.75, 3.05) is 12.8 Å². The molecule has 0 aliphatic carbocycles. The van der Waals surface area contributed by atoms with E-state index in [1.165, 1.54) is 0 Å². The first kappa shape index (κ1) is 4.69. The normalized spacial score (nSPS) is 38.3. The molecule has 1 heterocycles. The molecule has 1 fully saturated rings. The minimum atomic E-state index is -0.895. The summed E-state index contributed by atoms with van der Waals surface area (Å²) in [5.41, 5.74) is 0. The van der Waals surface area contributed by atoms with Crippen molar-refractivity contribution in [3.8, 4) is 0 Å². The van der Waals surface area contributed by atoms with Crippen molar-refractivity contribution in [1.82, 2.24) is 0 Å². The van der Waals surface area contributed by atoms with Crippen molar-refractivity contribution >= 4 is 18.5 Å². The predicted molar refractivity (Wildman–Crippen MR) is 27.3 cm³/mol. The van der Waals surface area contributed by atoms with E-state index in [9.17, 15) is 4.21 Å². The highest BCUT2D eigenvalue weighted by molar-refractivity contribution is 8.37. The monoisotopic (exact) mass is 124 g/mol. The largest absolute Gasteiger partial charge is 0.287 e. The third kappa shape index (κ3) is 1.00. The van der Waals surface area contributed by atoms with Gasteiger partial charge in [0.25, 0.3) is 0 Å². The molecule has 0 aromatic rings. The van der Waals surface area contributed by atoms with Crippen LogP contribution in [-0.2, 0) is 14.9 Å². The van der Waals surface area contributed by atoms with Crippen LogP contribution in [0.4, 0.5) is 0 Å². The Bertz CT molecular complexity index is 65.9. The Hall–Kier alpha value is 0.540. The number of hydrogen-bond acceptors (Lipinski definition) is 2. The highest BCUT2D eigenvalue weighted by Crippen LogP contribution is 2.23. The van der Waals surface area contributed by atoms with Gasteiger partial charge in [-0.3, -0.25) is 4.18 Å².